The largest absolute Gasteiger partial charge is 0.353 e. The summed E-state index contributed by atoms with van der Waals surface area (Å²) in [5.41, 5.74) is 6.37. The van der Waals surface area contributed by atoms with E-state index in [4.69, 9.17) is 5.73 Å². The van der Waals surface area contributed by atoms with Gasteiger partial charge in [0.15, 0.2) is 0 Å². The summed E-state index contributed by atoms with van der Waals surface area (Å²) in [6.45, 7) is 0. The number of rotatable bonds is 2. The molecule has 130 valence electrons. The first kappa shape index (κ1) is 15.9. The van der Waals surface area contributed by atoms with Crippen molar-refractivity contribution in [1.29, 1.82) is 0 Å². The average Bonchev–Trinajstić information content (AvgIpc) is 2.54. The van der Waals surface area contributed by atoms with Gasteiger partial charge in [-0.2, -0.15) is 0 Å². The van der Waals surface area contributed by atoms with Crippen LogP contribution in [0.5, 0.6) is 0 Å². The predicted molar refractivity (Wildman–Crippen MR) is 92.8 cm³/mol. The molecule has 2 bridgehead atoms. The first-order valence-corrected chi connectivity index (χ1v) is 10.3. The second kappa shape index (κ2) is 6.74. The third-order valence-electron chi connectivity index (χ3n) is 7.67. The number of nitrogens with one attached hydrogen (secondary N) is 1. The van der Waals surface area contributed by atoms with Gasteiger partial charge in [0.25, 0.3) is 0 Å². The Morgan fingerprint density at radius 1 is 0.739 bits per heavy atom. The lowest BCUT2D eigenvalue weighted by molar-refractivity contribution is -0.129. The van der Waals surface area contributed by atoms with Crippen molar-refractivity contribution < 1.29 is 4.79 Å². The van der Waals surface area contributed by atoms with Gasteiger partial charge in [0.1, 0.15) is 0 Å². The molecular formula is C20H34N2O. The minimum absolute atomic E-state index is 0.245. The molecule has 5 unspecified atom stereocenters. The Morgan fingerprint density at radius 3 is 2.13 bits per heavy atom. The van der Waals surface area contributed by atoms with E-state index < -0.39 is 0 Å². The molecule has 4 aliphatic rings. The molecule has 0 aromatic carbocycles. The van der Waals surface area contributed by atoms with E-state index in [0.717, 1.165) is 24.7 Å². The predicted octanol–water partition coefficient (Wildman–Crippen LogP) is 3.62. The van der Waals surface area contributed by atoms with E-state index >= 15 is 0 Å². The van der Waals surface area contributed by atoms with Gasteiger partial charge in [0.05, 0.1) is 0 Å². The van der Waals surface area contributed by atoms with Crippen LogP contribution >= 0.6 is 0 Å². The topological polar surface area (TPSA) is 55.1 Å². The van der Waals surface area contributed by atoms with Crippen molar-refractivity contribution >= 4 is 5.91 Å². The highest BCUT2D eigenvalue weighted by atomic mass is 16.1. The molecule has 0 saturated heterocycles. The molecule has 0 spiro atoms. The molecule has 4 fully saturated rings. The van der Waals surface area contributed by atoms with Crippen molar-refractivity contribution in [3.05, 3.63) is 0 Å². The van der Waals surface area contributed by atoms with Crippen LogP contribution in [0.2, 0.25) is 0 Å². The Hall–Kier alpha value is -0.570. The van der Waals surface area contributed by atoms with Gasteiger partial charge in [-0.3, -0.25) is 4.79 Å². The van der Waals surface area contributed by atoms with Gasteiger partial charge < -0.3 is 11.1 Å². The molecule has 5 atom stereocenters. The molecule has 0 aromatic rings. The highest BCUT2D eigenvalue weighted by Crippen LogP contribution is 2.43. The maximum absolute atomic E-state index is 12.8. The second-order valence-electron chi connectivity index (χ2n) is 9.02. The fourth-order valence-electron chi connectivity index (χ4n) is 6.33. The van der Waals surface area contributed by atoms with Crippen molar-refractivity contribution in [2.45, 2.75) is 89.1 Å². The van der Waals surface area contributed by atoms with Gasteiger partial charge in [0.2, 0.25) is 5.91 Å². The van der Waals surface area contributed by atoms with E-state index in [-0.39, 0.29) is 5.92 Å². The van der Waals surface area contributed by atoms with E-state index in [9.17, 15) is 4.79 Å². The van der Waals surface area contributed by atoms with Crippen LogP contribution in [0.1, 0.15) is 77.0 Å². The Labute approximate surface area is 141 Å². The number of hydrogen-bond donors (Lipinski definition) is 2. The van der Waals surface area contributed by atoms with E-state index in [0.29, 0.717) is 29.8 Å². The molecule has 3 heteroatoms. The van der Waals surface area contributed by atoms with Crippen molar-refractivity contribution in [3.8, 4) is 0 Å². The zero-order valence-corrected chi connectivity index (χ0v) is 14.5. The summed E-state index contributed by atoms with van der Waals surface area (Å²) >= 11 is 0. The van der Waals surface area contributed by atoms with Gasteiger partial charge >= 0.3 is 0 Å². The lowest BCUT2D eigenvalue weighted by Crippen LogP contribution is -2.51. The van der Waals surface area contributed by atoms with Gasteiger partial charge in [-0.25, -0.2) is 0 Å². The summed E-state index contributed by atoms with van der Waals surface area (Å²) in [6.07, 6.45) is 15.4. The van der Waals surface area contributed by atoms with Crippen LogP contribution in [0.3, 0.4) is 0 Å². The Morgan fingerprint density at radius 2 is 1.39 bits per heavy atom. The third kappa shape index (κ3) is 3.31. The molecule has 1 amide bonds. The summed E-state index contributed by atoms with van der Waals surface area (Å²) in [5, 5.41) is 3.45. The van der Waals surface area contributed by atoms with Crippen molar-refractivity contribution in [1.82, 2.24) is 5.32 Å². The maximum Gasteiger partial charge on any atom is 0.223 e. The van der Waals surface area contributed by atoms with Crippen molar-refractivity contribution in [2.24, 2.45) is 35.3 Å². The normalized spacial score (nSPS) is 46.7. The van der Waals surface area contributed by atoms with Crippen LogP contribution in [-0.4, -0.2) is 18.0 Å². The zero-order chi connectivity index (χ0) is 15.8. The summed E-state index contributed by atoms with van der Waals surface area (Å²) < 4.78 is 0. The van der Waals surface area contributed by atoms with Crippen LogP contribution in [-0.2, 0) is 4.79 Å². The molecule has 0 aromatic heterocycles. The summed E-state index contributed by atoms with van der Waals surface area (Å²) in [6, 6.07) is 0.822. The molecule has 4 saturated carbocycles. The van der Waals surface area contributed by atoms with E-state index in [1.54, 1.807) is 0 Å². The Kier molecular flexibility index (Phi) is 4.67. The Bertz CT molecular complexity index is 423. The van der Waals surface area contributed by atoms with E-state index in [1.165, 1.54) is 64.2 Å². The molecular weight excluding hydrogens is 284 g/mol. The lowest BCUT2D eigenvalue weighted by atomic mass is 9.64. The molecule has 3 nitrogen and oxygen atoms in total. The molecule has 4 rings (SSSR count). The maximum atomic E-state index is 12.8. The highest BCUT2D eigenvalue weighted by molar-refractivity contribution is 5.79. The minimum Gasteiger partial charge on any atom is -0.353 e. The number of nitrogens with two attached hydrogens (primary N) is 1. The minimum atomic E-state index is 0.245. The fourth-order valence-corrected chi connectivity index (χ4v) is 6.33. The van der Waals surface area contributed by atoms with Crippen molar-refractivity contribution in [2.75, 3.05) is 0 Å². The second-order valence-corrected chi connectivity index (χ2v) is 9.02. The van der Waals surface area contributed by atoms with Crippen LogP contribution in [0.4, 0.5) is 0 Å². The molecule has 0 aliphatic heterocycles. The van der Waals surface area contributed by atoms with Gasteiger partial charge in [-0.15, -0.1) is 0 Å². The molecule has 4 aliphatic carbocycles. The molecule has 0 heterocycles. The quantitative estimate of drug-likeness (QED) is 0.817. The van der Waals surface area contributed by atoms with Crippen LogP contribution in [0.15, 0.2) is 0 Å². The number of carbonyl (C=O) groups is 1. The van der Waals surface area contributed by atoms with Gasteiger partial charge in [-0.1, -0.05) is 32.1 Å². The lowest BCUT2D eigenvalue weighted by Gasteiger charge is -2.44. The van der Waals surface area contributed by atoms with Crippen LogP contribution < -0.4 is 11.1 Å². The summed E-state index contributed by atoms with van der Waals surface area (Å²) in [5.74, 6) is 3.66. The van der Waals surface area contributed by atoms with Crippen LogP contribution in [0.25, 0.3) is 0 Å². The number of amides is 1. The van der Waals surface area contributed by atoms with E-state index in [2.05, 4.69) is 5.32 Å². The summed E-state index contributed by atoms with van der Waals surface area (Å²) in [7, 11) is 0. The zero-order valence-electron chi connectivity index (χ0n) is 14.5. The third-order valence-corrected chi connectivity index (χ3v) is 7.67. The smallest absolute Gasteiger partial charge is 0.223 e. The monoisotopic (exact) mass is 318 g/mol. The fraction of sp³-hybridized carbons (Fsp3) is 0.950. The highest BCUT2D eigenvalue weighted by Gasteiger charge is 2.41. The van der Waals surface area contributed by atoms with Gasteiger partial charge in [-0.05, 0) is 68.6 Å². The standard InChI is InChI=1S/C20H34N2O/c21-19-15-6-3-7-16(19)11-17(10-15)20(23)22-18-9-8-13-4-1-2-5-14(13)12-18/h13-19H,1-12,21H2,(H,22,23). The molecule has 3 N–H and O–H groups in total. The number of carbonyl (C=O) groups excluding carboxylic acids is 1. The first-order chi connectivity index (χ1) is 11.2. The number of fused-ring (bicyclic) bond motifs is 3. The van der Waals surface area contributed by atoms with E-state index in [1.807, 2.05) is 0 Å². The molecule has 0 radical (unpaired) electrons. The number of hydrogen-bond acceptors (Lipinski definition) is 2. The average molecular weight is 319 g/mol. The van der Waals surface area contributed by atoms with Crippen LogP contribution in [0, 0.1) is 29.6 Å². The summed E-state index contributed by atoms with van der Waals surface area (Å²) in [4.78, 5) is 12.8. The Balaban J connectivity index is 1.31. The molecule has 23 heavy (non-hydrogen) atoms. The first-order valence-electron chi connectivity index (χ1n) is 10.3. The van der Waals surface area contributed by atoms with Crippen molar-refractivity contribution in [3.63, 3.8) is 0 Å². The SMILES string of the molecule is NC1C2CCCC1CC(C(=O)NC1CCC3CCCCC3C1)C2. The van der Waals surface area contributed by atoms with Gasteiger partial charge in [0, 0.05) is 18.0 Å².